The van der Waals surface area contributed by atoms with Crippen molar-refractivity contribution in [2.75, 3.05) is 0 Å². The fraction of sp³-hybridized carbons (Fsp3) is 0.429. The van der Waals surface area contributed by atoms with Gasteiger partial charge in [0.1, 0.15) is 11.7 Å². The van der Waals surface area contributed by atoms with Crippen LogP contribution in [-0.4, -0.2) is 39.5 Å². The Labute approximate surface area is 122 Å². The highest BCUT2D eigenvalue weighted by molar-refractivity contribution is 5.96. The molecule has 0 aromatic carbocycles. The van der Waals surface area contributed by atoms with Gasteiger partial charge in [-0.3, -0.25) is 14.6 Å². The van der Waals surface area contributed by atoms with Crippen LogP contribution in [0.2, 0.25) is 0 Å². The Morgan fingerprint density at radius 2 is 1.86 bits per heavy atom. The molecule has 1 atom stereocenters. The number of aromatic nitrogens is 1. The fourth-order valence-electron chi connectivity index (χ4n) is 1.47. The highest BCUT2D eigenvalue weighted by Crippen LogP contribution is 2.02. The minimum atomic E-state index is -1.12. The predicted molar refractivity (Wildman–Crippen MR) is 76.0 cm³/mol. The topological polar surface area (TPSA) is 108 Å². The normalized spacial score (nSPS) is 12.4. The van der Waals surface area contributed by atoms with E-state index in [0.717, 1.165) is 6.20 Å². The van der Waals surface area contributed by atoms with E-state index >= 15 is 0 Å². The van der Waals surface area contributed by atoms with Gasteiger partial charge in [-0.2, -0.15) is 0 Å². The van der Waals surface area contributed by atoms with Gasteiger partial charge in [0.05, 0.1) is 5.56 Å². The molecule has 3 N–H and O–H groups in total. The van der Waals surface area contributed by atoms with Gasteiger partial charge in [0.25, 0.3) is 5.91 Å². The zero-order chi connectivity index (χ0) is 16.2. The summed E-state index contributed by atoms with van der Waals surface area (Å²) in [6.45, 7) is 7.08. The largest absolute Gasteiger partial charge is 0.478 e. The number of carbonyl (C=O) groups is 3. The first-order valence-corrected chi connectivity index (χ1v) is 6.42. The second-order valence-corrected chi connectivity index (χ2v) is 5.67. The molecule has 1 rings (SSSR count). The number of amides is 2. The molecule has 0 aliphatic carbocycles. The minimum Gasteiger partial charge on any atom is -0.478 e. The monoisotopic (exact) mass is 293 g/mol. The number of nitrogens with zero attached hydrogens (tertiary/aromatic N) is 1. The number of hydrogen-bond acceptors (Lipinski definition) is 4. The number of rotatable bonds is 4. The van der Waals surface area contributed by atoms with Crippen LogP contribution in [0.5, 0.6) is 0 Å². The van der Waals surface area contributed by atoms with E-state index in [2.05, 4.69) is 15.6 Å². The molecular weight excluding hydrogens is 274 g/mol. The first-order chi connectivity index (χ1) is 9.60. The van der Waals surface area contributed by atoms with Crippen molar-refractivity contribution in [2.24, 2.45) is 0 Å². The summed E-state index contributed by atoms with van der Waals surface area (Å²) in [5, 5.41) is 14.0. The number of nitrogens with one attached hydrogen (secondary N) is 2. The Hall–Kier alpha value is -2.44. The maximum absolute atomic E-state index is 11.9. The van der Waals surface area contributed by atoms with Gasteiger partial charge in [-0.25, -0.2) is 4.79 Å². The third-order valence-corrected chi connectivity index (χ3v) is 2.48. The summed E-state index contributed by atoms with van der Waals surface area (Å²) in [7, 11) is 0. The molecule has 0 saturated heterocycles. The van der Waals surface area contributed by atoms with Gasteiger partial charge in [-0.05, 0) is 39.8 Å². The summed E-state index contributed by atoms with van der Waals surface area (Å²) in [5.74, 6) is -1.96. The van der Waals surface area contributed by atoms with Crippen LogP contribution >= 0.6 is 0 Å². The van der Waals surface area contributed by atoms with Crippen molar-refractivity contribution in [1.29, 1.82) is 0 Å². The number of carboxylic acids is 1. The lowest BCUT2D eigenvalue weighted by Gasteiger charge is -2.23. The molecule has 21 heavy (non-hydrogen) atoms. The minimum absolute atomic E-state index is 0.00919. The van der Waals surface area contributed by atoms with Gasteiger partial charge in [-0.1, -0.05) is 0 Å². The van der Waals surface area contributed by atoms with E-state index in [9.17, 15) is 14.4 Å². The Kier molecular flexibility index (Phi) is 5.02. The fourth-order valence-corrected chi connectivity index (χ4v) is 1.47. The highest BCUT2D eigenvalue weighted by Gasteiger charge is 2.21. The third-order valence-electron chi connectivity index (χ3n) is 2.48. The highest BCUT2D eigenvalue weighted by atomic mass is 16.4. The zero-order valence-electron chi connectivity index (χ0n) is 12.4. The molecule has 0 aliphatic rings. The number of carbonyl (C=O) groups excluding carboxylic acids is 2. The van der Waals surface area contributed by atoms with E-state index in [0.29, 0.717) is 0 Å². The molecule has 1 heterocycles. The van der Waals surface area contributed by atoms with E-state index < -0.39 is 23.5 Å². The third kappa shape index (κ3) is 5.21. The summed E-state index contributed by atoms with van der Waals surface area (Å²) >= 11 is 0. The van der Waals surface area contributed by atoms with Crippen molar-refractivity contribution in [3.8, 4) is 0 Å². The first kappa shape index (κ1) is 16.6. The smallest absolute Gasteiger partial charge is 0.337 e. The summed E-state index contributed by atoms with van der Waals surface area (Å²) in [6, 6.07) is 1.86. The van der Waals surface area contributed by atoms with Crippen LogP contribution < -0.4 is 10.6 Å². The predicted octanol–water partition coefficient (Wildman–Crippen LogP) is 0.813. The summed E-state index contributed by atoms with van der Waals surface area (Å²) in [5.41, 5.74) is -0.349. The lowest BCUT2D eigenvalue weighted by Crippen LogP contribution is -2.50. The summed E-state index contributed by atoms with van der Waals surface area (Å²) in [6.07, 6.45) is 1.09. The van der Waals surface area contributed by atoms with Crippen LogP contribution in [0.3, 0.4) is 0 Å². The van der Waals surface area contributed by atoms with Crippen molar-refractivity contribution in [3.05, 3.63) is 29.6 Å². The van der Waals surface area contributed by atoms with E-state index in [4.69, 9.17) is 5.11 Å². The van der Waals surface area contributed by atoms with Crippen molar-refractivity contribution in [1.82, 2.24) is 15.6 Å². The van der Waals surface area contributed by atoms with Crippen LogP contribution in [0, 0.1) is 0 Å². The van der Waals surface area contributed by atoms with Gasteiger partial charge in [0, 0.05) is 11.7 Å². The van der Waals surface area contributed by atoms with Crippen LogP contribution in [0.15, 0.2) is 18.3 Å². The van der Waals surface area contributed by atoms with Crippen molar-refractivity contribution < 1.29 is 19.5 Å². The van der Waals surface area contributed by atoms with Crippen molar-refractivity contribution in [2.45, 2.75) is 39.3 Å². The average molecular weight is 293 g/mol. The number of aromatic carboxylic acids is 1. The van der Waals surface area contributed by atoms with Gasteiger partial charge in [0.15, 0.2) is 0 Å². The lowest BCUT2D eigenvalue weighted by molar-refractivity contribution is -0.124. The molecule has 7 nitrogen and oxygen atoms in total. The maximum atomic E-state index is 11.9. The molecule has 0 saturated carbocycles. The quantitative estimate of drug-likeness (QED) is 0.761. The standard InChI is InChI=1S/C14H19N3O4/c1-8(11(18)17-14(2,3)4)16-12(19)10-6-5-9(7-15-10)13(20)21/h5-8H,1-4H3,(H,16,19)(H,17,18)(H,20,21). The molecule has 0 spiro atoms. The molecule has 2 amide bonds. The molecule has 0 radical (unpaired) electrons. The van der Waals surface area contributed by atoms with E-state index in [1.807, 2.05) is 20.8 Å². The second-order valence-electron chi connectivity index (χ2n) is 5.67. The van der Waals surface area contributed by atoms with Crippen molar-refractivity contribution in [3.63, 3.8) is 0 Å². The molecule has 0 fully saturated rings. The van der Waals surface area contributed by atoms with E-state index in [-0.39, 0.29) is 17.2 Å². The van der Waals surface area contributed by atoms with Gasteiger partial charge in [-0.15, -0.1) is 0 Å². The molecule has 7 heteroatoms. The van der Waals surface area contributed by atoms with E-state index in [1.165, 1.54) is 12.1 Å². The molecular formula is C14H19N3O4. The molecule has 0 bridgehead atoms. The average Bonchev–Trinajstić information content (AvgIpc) is 2.36. The van der Waals surface area contributed by atoms with Crippen LogP contribution in [-0.2, 0) is 4.79 Å². The van der Waals surface area contributed by atoms with Crippen molar-refractivity contribution >= 4 is 17.8 Å². The summed E-state index contributed by atoms with van der Waals surface area (Å²) in [4.78, 5) is 38.2. The number of pyridine rings is 1. The zero-order valence-corrected chi connectivity index (χ0v) is 12.4. The lowest BCUT2D eigenvalue weighted by atomic mass is 10.1. The Morgan fingerprint density at radius 1 is 1.24 bits per heavy atom. The number of hydrogen-bond donors (Lipinski definition) is 3. The Bertz CT molecular complexity index is 546. The van der Waals surface area contributed by atoms with E-state index in [1.54, 1.807) is 6.92 Å². The Morgan fingerprint density at radius 3 is 2.29 bits per heavy atom. The number of carboxylic acid groups (broad SMARTS) is 1. The maximum Gasteiger partial charge on any atom is 0.337 e. The molecule has 0 aliphatic heterocycles. The molecule has 114 valence electrons. The van der Waals surface area contributed by atoms with Gasteiger partial charge < -0.3 is 15.7 Å². The molecule has 1 aromatic heterocycles. The Balaban J connectivity index is 2.68. The molecule has 1 aromatic rings. The van der Waals surface area contributed by atoms with Crippen LogP contribution in [0.25, 0.3) is 0 Å². The molecule has 1 unspecified atom stereocenters. The van der Waals surface area contributed by atoms with Gasteiger partial charge in [0.2, 0.25) is 5.91 Å². The van der Waals surface area contributed by atoms with Crippen LogP contribution in [0.1, 0.15) is 48.5 Å². The SMILES string of the molecule is CC(NC(=O)c1ccc(C(=O)O)cn1)C(=O)NC(C)(C)C. The van der Waals surface area contributed by atoms with Gasteiger partial charge >= 0.3 is 5.97 Å². The first-order valence-electron chi connectivity index (χ1n) is 6.42. The van der Waals surface area contributed by atoms with Crippen LogP contribution in [0.4, 0.5) is 0 Å². The second kappa shape index (κ2) is 6.34. The summed E-state index contributed by atoms with van der Waals surface area (Å²) < 4.78 is 0.